The van der Waals surface area contributed by atoms with Gasteiger partial charge in [0, 0.05) is 6.54 Å². The Labute approximate surface area is 143 Å². The van der Waals surface area contributed by atoms with E-state index in [1.54, 1.807) is 16.4 Å². The fourth-order valence-corrected chi connectivity index (χ4v) is 5.38. The molecule has 2 saturated heterocycles. The second-order valence-corrected chi connectivity index (χ2v) is 8.50. The largest absolute Gasteiger partial charge is 0.368 e. The minimum atomic E-state index is -3.50. The van der Waals surface area contributed by atoms with E-state index in [1.807, 2.05) is 49.4 Å². The Balaban J connectivity index is 1.69. The van der Waals surface area contributed by atoms with Gasteiger partial charge in [0.25, 0.3) is 0 Å². The van der Waals surface area contributed by atoms with Gasteiger partial charge in [-0.2, -0.15) is 4.31 Å². The van der Waals surface area contributed by atoms with Gasteiger partial charge in [0.05, 0.1) is 23.1 Å². The summed E-state index contributed by atoms with van der Waals surface area (Å²) >= 11 is 0. The number of hydrogen-bond donors (Lipinski definition) is 0. The molecule has 3 atom stereocenters. The molecule has 2 aliphatic rings. The van der Waals surface area contributed by atoms with E-state index in [1.165, 1.54) is 0 Å². The molecule has 0 unspecified atom stereocenters. The molecule has 2 aliphatic heterocycles. The highest BCUT2D eigenvalue weighted by molar-refractivity contribution is 7.89. The smallest absolute Gasteiger partial charge is 0.243 e. The average molecular weight is 343 g/mol. The van der Waals surface area contributed by atoms with Crippen molar-refractivity contribution in [3.63, 3.8) is 0 Å². The first kappa shape index (κ1) is 15.8. The lowest BCUT2D eigenvalue weighted by Gasteiger charge is -2.32. The number of hydrogen-bond acceptors (Lipinski definition) is 3. The zero-order valence-electron chi connectivity index (χ0n) is 13.6. The second kappa shape index (κ2) is 5.99. The second-order valence-electron chi connectivity index (χ2n) is 6.61. The predicted molar refractivity (Wildman–Crippen MR) is 92.1 cm³/mol. The summed E-state index contributed by atoms with van der Waals surface area (Å²) in [4.78, 5) is 0.366. The van der Waals surface area contributed by atoms with Crippen LogP contribution in [0.5, 0.6) is 0 Å². The third kappa shape index (κ3) is 2.66. The molecule has 2 fully saturated rings. The number of ether oxygens (including phenoxy) is 1. The van der Waals surface area contributed by atoms with Crippen LogP contribution in [0.3, 0.4) is 0 Å². The zero-order valence-corrected chi connectivity index (χ0v) is 14.4. The van der Waals surface area contributed by atoms with Crippen molar-refractivity contribution in [3.05, 3.63) is 65.7 Å². The van der Waals surface area contributed by atoms with Gasteiger partial charge >= 0.3 is 0 Å². The summed E-state index contributed by atoms with van der Waals surface area (Å²) in [5, 5.41) is 0. The molecule has 4 nitrogen and oxygen atoms in total. The number of fused-ring (bicyclic) bond motifs is 2. The third-order valence-corrected chi connectivity index (χ3v) is 6.93. The molecule has 0 aliphatic carbocycles. The highest BCUT2D eigenvalue weighted by Crippen LogP contribution is 2.43. The van der Waals surface area contributed by atoms with Crippen LogP contribution < -0.4 is 0 Å². The molecule has 0 amide bonds. The van der Waals surface area contributed by atoms with Crippen molar-refractivity contribution < 1.29 is 13.2 Å². The summed E-state index contributed by atoms with van der Waals surface area (Å²) in [6.45, 7) is 2.48. The van der Waals surface area contributed by atoms with E-state index >= 15 is 0 Å². The third-order valence-electron chi connectivity index (χ3n) is 4.99. The summed E-state index contributed by atoms with van der Waals surface area (Å²) < 4.78 is 34.1. The van der Waals surface area contributed by atoms with Gasteiger partial charge in [-0.3, -0.25) is 0 Å². The number of rotatable bonds is 3. The molecule has 0 radical (unpaired) electrons. The first-order valence-corrected chi connectivity index (χ1v) is 9.78. The van der Waals surface area contributed by atoms with Gasteiger partial charge in [-0.25, -0.2) is 8.42 Å². The minimum Gasteiger partial charge on any atom is -0.368 e. The van der Waals surface area contributed by atoms with Crippen molar-refractivity contribution in [1.29, 1.82) is 0 Å². The molecule has 2 aromatic rings. The molecule has 0 saturated carbocycles. The van der Waals surface area contributed by atoms with Crippen LogP contribution in [0.1, 0.15) is 30.1 Å². The van der Waals surface area contributed by atoms with Gasteiger partial charge in [0.1, 0.15) is 0 Å². The Morgan fingerprint density at radius 2 is 1.75 bits per heavy atom. The lowest BCUT2D eigenvalue weighted by molar-refractivity contribution is 0.0452. The topological polar surface area (TPSA) is 46.6 Å². The number of piperidine rings is 1. The Kier molecular flexibility index (Phi) is 3.95. The minimum absolute atomic E-state index is 0.127. The summed E-state index contributed by atoms with van der Waals surface area (Å²) in [6, 6.07) is 16.9. The standard InChI is InChI=1S/C19H21NO3S/c1-14-7-9-17(10-8-14)24(21,22)20-12-11-16-13-18(20)19(23-16)15-5-3-2-4-6-15/h2-10,16,18-19H,11-13H2,1H3/t16-,18+,19+/m0/s1. The number of benzene rings is 2. The van der Waals surface area contributed by atoms with E-state index in [9.17, 15) is 8.42 Å². The van der Waals surface area contributed by atoms with Crippen LogP contribution in [-0.4, -0.2) is 31.4 Å². The van der Waals surface area contributed by atoms with Gasteiger partial charge in [0.15, 0.2) is 0 Å². The quantitative estimate of drug-likeness (QED) is 0.859. The first-order valence-electron chi connectivity index (χ1n) is 8.34. The van der Waals surface area contributed by atoms with Crippen LogP contribution >= 0.6 is 0 Å². The predicted octanol–water partition coefficient (Wildman–Crippen LogP) is 3.29. The van der Waals surface area contributed by atoms with E-state index < -0.39 is 10.0 Å². The van der Waals surface area contributed by atoms with Crippen LogP contribution in [-0.2, 0) is 14.8 Å². The van der Waals surface area contributed by atoms with Gasteiger partial charge < -0.3 is 4.74 Å². The molecule has 0 N–H and O–H groups in total. The molecule has 0 aromatic heterocycles. The molecule has 2 aromatic carbocycles. The fourth-order valence-electron chi connectivity index (χ4n) is 3.73. The van der Waals surface area contributed by atoms with Crippen LogP contribution in [0.4, 0.5) is 0 Å². The molecule has 0 spiro atoms. The zero-order chi connectivity index (χ0) is 16.7. The van der Waals surface area contributed by atoms with Crippen molar-refractivity contribution in [2.75, 3.05) is 6.54 Å². The van der Waals surface area contributed by atoms with Crippen LogP contribution in [0.15, 0.2) is 59.5 Å². The van der Waals surface area contributed by atoms with Crippen molar-refractivity contribution in [2.24, 2.45) is 0 Å². The maximum absolute atomic E-state index is 13.1. The average Bonchev–Trinajstić information content (AvgIpc) is 2.92. The molecule has 5 heteroatoms. The fraction of sp³-hybridized carbons (Fsp3) is 0.368. The molecule has 4 rings (SSSR count). The van der Waals surface area contributed by atoms with Crippen molar-refractivity contribution in [3.8, 4) is 0 Å². The van der Waals surface area contributed by atoms with E-state index in [2.05, 4.69) is 0 Å². The summed E-state index contributed by atoms with van der Waals surface area (Å²) in [5.41, 5.74) is 2.11. The molecule has 2 bridgehead atoms. The Hall–Kier alpha value is -1.69. The number of aryl methyl sites for hydroxylation is 1. The lowest BCUT2D eigenvalue weighted by atomic mass is 9.98. The maximum Gasteiger partial charge on any atom is 0.243 e. The van der Waals surface area contributed by atoms with Crippen molar-refractivity contribution in [2.45, 2.75) is 42.9 Å². The first-order chi connectivity index (χ1) is 11.6. The van der Waals surface area contributed by atoms with Crippen molar-refractivity contribution >= 4 is 10.0 Å². The number of nitrogens with zero attached hydrogens (tertiary/aromatic N) is 1. The number of sulfonamides is 1. The highest BCUT2D eigenvalue weighted by Gasteiger charge is 2.47. The monoisotopic (exact) mass is 343 g/mol. The normalized spacial score (nSPS) is 27.3. The Bertz CT molecular complexity index is 817. The SMILES string of the molecule is Cc1ccc(S(=O)(=O)N2CC[C@H]3C[C@@H]2[C@@H](c2ccccc2)O3)cc1. The molecular formula is C19H21NO3S. The maximum atomic E-state index is 13.1. The lowest BCUT2D eigenvalue weighted by Crippen LogP contribution is -2.45. The highest BCUT2D eigenvalue weighted by atomic mass is 32.2. The van der Waals surface area contributed by atoms with Crippen LogP contribution in [0, 0.1) is 6.92 Å². The van der Waals surface area contributed by atoms with E-state index in [4.69, 9.17) is 4.74 Å². The van der Waals surface area contributed by atoms with E-state index in [0.29, 0.717) is 11.4 Å². The van der Waals surface area contributed by atoms with Crippen LogP contribution in [0.2, 0.25) is 0 Å². The molecule has 24 heavy (non-hydrogen) atoms. The Morgan fingerprint density at radius 3 is 2.46 bits per heavy atom. The van der Waals surface area contributed by atoms with Gasteiger partial charge in [0.2, 0.25) is 10.0 Å². The van der Waals surface area contributed by atoms with E-state index in [0.717, 1.165) is 24.0 Å². The van der Waals surface area contributed by atoms with Gasteiger partial charge in [-0.05, 0) is 37.5 Å². The Morgan fingerprint density at radius 1 is 1.04 bits per heavy atom. The van der Waals surface area contributed by atoms with Gasteiger partial charge in [-0.15, -0.1) is 0 Å². The molecule has 126 valence electrons. The van der Waals surface area contributed by atoms with Crippen LogP contribution in [0.25, 0.3) is 0 Å². The summed E-state index contributed by atoms with van der Waals surface area (Å²) in [5.74, 6) is 0. The molecule has 2 heterocycles. The molecular weight excluding hydrogens is 322 g/mol. The summed E-state index contributed by atoms with van der Waals surface area (Å²) in [7, 11) is -3.50. The van der Waals surface area contributed by atoms with E-state index in [-0.39, 0.29) is 18.2 Å². The summed E-state index contributed by atoms with van der Waals surface area (Å²) in [6.07, 6.45) is 1.50. The van der Waals surface area contributed by atoms with Crippen molar-refractivity contribution in [1.82, 2.24) is 4.31 Å². The van der Waals surface area contributed by atoms with Gasteiger partial charge in [-0.1, -0.05) is 48.0 Å².